The molecule has 3 heteroatoms. The van der Waals surface area contributed by atoms with Crippen molar-refractivity contribution in [3.05, 3.63) is 60.7 Å². The van der Waals surface area contributed by atoms with E-state index in [1.165, 1.54) is 0 Å². The molecule has 1 nitrogen and oxygen atoms in total. The summed E-state index contributed by atoms with van der Waals surface area (Å²) in [5.41, 5.74) is 2.10. The van der Waals surface area contributed by atoms with Gasteiger partial charge in [-0.3, -0.25) is 0 Å². The van der Waals surface area contributed by atoms with Crippen LogP contribution >= 0.6 is 0 Å². The Labute approximate surface area is 121 Å². The SMILES string of the molecule is CN(c1[c-]cccc1)c1[c-]cccc1.[Li+].[Li+]. The average Bonchev–Trinajstić information content (AvgIpc) is 2.30. The first-order valence-electron chi connectivity index (χ1n) is 4.55. The largest absolute Gasteiger partial charge is 1.00 e. The van der Waals surface area contributed by atoms with Gasteiger partial charge in [-0.05, 0) is 0 Å². The van der Waals surface area contributed by atoms with Gasteiger partial charge in [0, 0.05) is 7.05 Å². The Bertz CT molecular complexity index is 350. The van der Waals surface area contributed by atoms with Gasteiger partial charge >= 0.3 is 37.7 Å². The minimum atomic E-state index is 0. The number of rotatable bonds is 2. The minimum Gasteiger partial charge on any atom is -0.391 e. The van der Waals surface area contributed by atoms with Gasteiger partial charge in [-0.15, -0.1) is 12.1 Å². The van der Waals surface area contributed by atoms with Crippen LogP contribution in [0.4, 0.5) is 11.4 Å². The van der Waals surface area contributed by atoms with Crippen molar-refractivity contribution in [2.45, 2.75) is 0 Å². The quantitative estimate of drug-likeness (QED) is 0.366. The molecule has 2 aromatic rings. The van der Waals surface area contributed by atoms with Crippen LogP contribution in [0.2, 0.25) is 0 Å². The Morgan fingerprint density at radius 2 is 1.25 bits per heavy atom. The van der Waals surface area contributed by atoms with Crippen LogP contribution in [0.1, 0.15) is 0 Å². The van der Waals surface area contributed by atoms with Crippen molar-refractivity contribution >= 4 is 11.4 Å². The molecule has 0 aliphatic rings. The fourth-order valence-electron chi connectivity index (χ4n) is 1.31. The van der Waals surface area contributed by atoms with Gasteiger partial charge in [-0.2, -0.15) is 48.5 Å². The van der Waals surface area contributed by atoms with Crippen molar-refractivity contribution in [2.75, 3.05) is 11.9 Å². The number of hydrogen-bond acceptors (Lipinski definition) is 1. The molecule has 0 radical (unpaired) electrons. The first-order valence-corrected chi connectivity index (χ1v) is 4.55. The monoisotopic (exact) mass is 195 g/mol. The van der Waals surface area contributed by atoms with E-state index in [1.807, 2.05) is 55.6 Å². The molecule has 0 unspecified atom stereocenters. The first kappa shape index (κ1) is 15.4. The second-order valence-electron chi connectivity index (χ2n) is 3.05. The normalized spacial score (nSPS) is 8.56. The zero-order chi connectivity index (χ0) is 9.80. The van der Waals surface area contributed by atoms with Gasteiger partial charge in [0.2, 0.25) is 0 Å². The third kappa shape index (κ3) is 3.78. The Morgan fingerprint density at radius 1 is 0.812 bits per heavy atom. The number of para-hydroxylation sites is 2. The molecule has 0 heterocycles. The van der Waals surface area contributed by atoms with Crippen molar-refractivity contribution in [2.24, 2.45) is 0 Å². The third-order valence-corrected chi connectivity index (χ3v) is 2.11. The molecule has 0 N–H and O–H groups in total. The van der Waals surface area contributed by atoms with Gasteiger partial charge in [-0.25, -0.2) is 0 Å². The molecule has 0 spiro atoms. The molecule has 16 heavy (non-hydrogen) atoms. The number of anilines is 2. The Kier molecular flexibility index (Phi) is 7.40. The summed E-state index contributed by atoms with van der Waals surface area (Å²) in [5, 5.41) is 0. The van der Waals surface area contributed by atoms with Crippen molar-refractivity contribution in [3.8, 4) is 0 Å². The molecular weight excluding hydrogens is 184 g/mol. The summed E-state index contributed by atoms with van der Waals surface area (Å²) in [6.45, 7) is 0. The van der Waals surface area contributed by atoms with E-state index in [0.29, 0.717) is 0 Å². The first-order chi connectivity index (χ1) is 6.88. The molecule has 0 amide bonds. The summed E-state index contributed by atoms with van der Waals surface area (Å²) in [4.78, 5) is 2.06. The Morgan fingerprint density at radius 3 is 1.56 bits per heavy atom. The fraction of sp³-hybridized carbons (Fsp3) is 0.0769. The van der Waals surface area contributed by atoms with Gasteiger partial charge in [0.25, 0.3) is 0 Å². The molecule has 0 aliphatic carbocycles. The summed E-state index contributed by atoms with van der Waals surface area (Å²) in [5.74, 6) is 0. The molecular formula is C13H11Li2N. The topological polar surface area (TPSA) is 3.24 Å². The predicted octanol–water partition coefficient (Wildman–Crippen LogP) is -2.94. The van der Waals surface area contributed by atoms with E-state index in [2.05, 4.69) is 17.0 Å². The van der Waals surface area contributed by atoms with Crippen molar-refractivity contribution < 1.29 is 37.7 Å². The zero-order valence-corrected chi connectivity index (χ0v) is 10.1. The summed E-state index contributed by atoms with van der Waals surface area (Å²) < 4.78 is 0. The predicted molar refractivity (Wildman–Crippen MR) is 58.6 cm³/mol. The molecule has 0 aliphatic heterocycles. The van der Waals surface area contributed by atoms with E-state index in [1.54, 1.807) is 0 Å². The molecule has 2 rings (SSSR count). The Hall–Kier alpha value is -0.565. The molecule has 2 aromatic carbocycles. The molecule has 0 bridgehead atoms. The molecule has 0 saturated carbocycles. The van der Waals surface area contributed by atoms with Gasteiger partial charge in [-0.1, -0.05) is 11.4 Å². The van der Waals surface area contributed by atoms with E-state index in [4.69, 9.17) is 0 Å². The zero-order valence-electron chi connectivity index (χ0n) is 10.1. The van der Waals surface area contributed by atoms with Gasteiger partial charge in [0.15, 0.2) is 0 Å². The second-order valence-corrected chi connectivity index (χ2v) is 3.05. The van der Waals surface area contributed by atoms with Crippen LogP contribution < -0.4 is 42.6 Å². The molecule has 0 fully saturated rings. The molecule has 0 saturated heterocycles. The third-order valence-electron chi connectivity index (χ3n) is 2.11. The van der Waals surface area contributed by atoms with E-state index in [0.717, 1.165) is 11.4 Å². The standard InChI is InChI=1S/C13H11N.2Li/c1-14(12-8-4-2-5-9-12)13-10-6-3-7-11-13;;/h2-8,10H,1H3;;/q-2;2*+1. The summed E-state index contributed by atoms with van der Waals surface area (Å²) in [6, 6.07) is 22.2. The number of nitrogens with zero attached hydrogens (tertiary/aromatic N) is 1. The average molecular weight is 195 g/mol. The van der Waals surface area contributed by atoms with E-state index in [-0.39, 0.29) is 37.7 Å². The van der Waals surface area contributed by atoms with Crippen molar-refractivity contribution in [1.29, 1.82) is 0 Å². The minimum absolute atomic E-state index is 0. The maximum atomic E-state index is 3.17. The molecule has 0 atom stereocenters. The molecule has 0 aromatic heterocycles. The van der Waals surface area contributed by atoms with Gasteiger partial charge in [0.1, 0.15) is 0 Å². The Balaban J connectivity index is 0.00000112. The van der Waals surface area contributed by atoms with Crippen LogP contribution in [0.5, 0.6) is 0 Å². The molecule has 70 valence electrons. The van der Waals surface area contributed by atoms with Crippen molar-refractivity contribution in [3.63, 3.8) is 0 Å². The van der Waals surface area contributed by atoms with Crippen LogP contribution in [0, 0.1) is 12.1 Å². The second kappa shape index (κ2) is 7.67. The van der Waals surface area contributed by atoms with Gasteiger partial charge < -0.3 is 4.90 Å². The smallest absolute Gasteiger partial charge is 0.391 e. The van der Waals surface area contributed by atoms with Crippen LogP contribution in [0.15, 0.2) is 48.5 Å². The van der Waals surface area contributed by atoms with Crippen LogP contribution in [0.3, 0.4) is 0 Å². The van der Waals surface area contributed by atoms with E-state index in [9.17, 15) is 0 Å². The van der Waals surface area contributed by atoms with Crippen molar-refractivity contribution in [1.82, 2.24) is 0 Å². The summed E-state index contributed by atoms with van der Waals surface area (Å²) in [6.07, 6.45) is 0. The van der Waals surface area contributed by atoms with E-state index >= 15 is 0 Å². The van der Waals surface area contributed by atoms with E-state index < -0.39 is 0 Å². The fourth-order valence-corrected chi connectivity index (χ4v) is 1.31. The maximum absolute atomic E-state index is 3.17. The van der Waals surface area contributed by atoms with Crippen LogP contribution in [0.25, 0.3) is 0 Å². The maximum Gasteiger partial charge on any atom is 1.00 e. The van der Waals surface area contributed by atoms with Crippen LogP contribution in [-0.4, -0.2) is 7.05 Å². The number of hydrogen-bond donors (Lipinski definition) is 0. The van der Waals surface area contributed by atoms with Crippen LogP contribution in [-0.2, 0) is 0 Å². The number of benzene rings is 2. The summed E-state index contributed by atoms with van der Waals surface area (Å²) in [7, 11) is 2.01. The summed E-state index contributed by atoms with van der Waals surface area (Å²) >= 11 is 0. The van der Waals surface area contributed by atoms with Gasteiger partial charge in [0.05, 0.1) is 0 Å².